The van der Waals surface area contributed by atoms with E-state index < -0.39 is 6.29 Å². The van der Waals surface area contributed by atoms with Crippen LogP contribution < -0.4 is 4.74 Å². The molecule has 0 atom stereocenters. The maximum atomic E-state index is 12.4. The molecule has 0 aliphatic carbocycles. The fourth-order valence-electron chi connectivity index (χ4n) is 2.04. The first kappa shape index (κ1) is 15.0. The average molecular weight is 283 g/mol. The number of nitrogens with zero attached hydrogens (tertiary/aromatic N) is 3. The minimum Gasteiger partial charge on any atom is -0.493 e. The molecule has 0 amide bonds. The largest absolute Gasteiger partial charge is 0.493 e. The van der Waals surface area contributed by atoms with E-state index in [0.717, 1.165) is 6.54 Å². The van der Waals surface area contributed by atoms with Gasteiger partial charge in [0, 0.05) is 6.54 Å². The molecule has 0 unspecified atom stereocenters. The van der Waals surface area contributed by atoms with Crippen LogP contribution in [0.4, 0.5) is 0 Å². The smallest absolute Gasteiger partial charge is 0.189 e. The lowest BCUT2D eigenvalue weighted by Gasteiger charge is -2.13. The second kappa shape index (κ2) is 6.83. The molecule has 7 heteroatoms. The van der Waals surface area contributed by atoms with Gasteiger partial charge in [-0.05, 0) is 14.1 Å². The second-order valence-electron chi connectivity index (χ2n) is 4.89. The molecule has 2 heterocycles. The number of carbonyl (C=O) groups is 1. The molecule has 0 radical (unpaired) electrons. The summed E-state index contributed by atoms with van der Waals surface area (Å²) >= 11 is 0. The van der Waals surface area contributed by atoms with Crippen LogP contribution in [0.15, 0.2) is 6.20 Å². The predicted molar refractivity (Wildman–Crippen MR) is 72.0 cm³/mol. The van der Waals surface area contributed by atoms with Crippen LogP contribution in [0, 0.1) is 0 Å². The molecular formula is C13H21N3O4. The van der Waals surface area contributed by atoms with Crippen molar-refractivity contribution in [3.05, 3.63) is 11.9 Å². The third-order valence-corrected chi connectivity index (χ3v) is 3.09. The van der Waals surface area contributed by atoms with Crippen LogP contribution in [-0.4, -0.2) is 67.7 Å². The van der Waals surface area contributed by atoms with E-state index in [2.05, 4.69) is 5.10 Å². The number of hydrogen-bond acceptors (Lipinski definition) is 6. The van der Waals surface area contributed by atoms with Gasteiger partial charge in [-0.25, -0.2) is 0 Å². The standard InChI is InChI=1S/C13H21N3O4/c1-15(2)4-5-16-13(11(18-3)9-14-16)10(17)8-12-19-6-7-20-12/h9,12H,4-8H2,1-3H3. The van der Waals surface area contributed by atoms with E-state index in [1.54, 1.807) is 10.9 Å². The van der Waals surface area contributed by atoms with Crippen molar-refractivity contribution < 1.29 is 19.0 Å². The molecule has 2 rings (SSSR count). The van der Waals surface area contributed by atoms with Crippen LogP contribution in [0.2, 0.25) is 0 Å². The third-order valence-electron chi connectivity index (χ3n) is 3.09. The number of Topliss-reactive ketones (excluding diaryl/α,β-unsaturated/α-hetero) is 1. The minimum absolute atomic E-state index is 0.0787. The summed E-state index contributed by atoms with van der Waals surface area (Å²) in [5.41, 5.74) is 0.480. The number of likely N-dealkylation sites (N-methyl/N-ethyl adjacent to an activating group) is 1. The Labute approximate surface area is 118 Å². The van der Waals surface area contributed by atoms with Gasteiger partial charge in [0.25, 0.3) is 0 Å². The topological polar surface area (TPSA) is 65.8 Å². The van der Waals surface area contributed by atoms with Gasteiger partial charge in [0.2, 0.25) is 0 Å². The maximum absolute atomic E-state index is 12.4. The number of aromatic nitrogens is 2. The van der Waals surface area contributed by atoms with Gasteiger partial charge < -0.3 is 19.1 Å². The molecule has 1 aromatic rings. The van der Waals surface area contributed by atoms with Crippen molar-refractivity contribution in [3.63, 3.8) is 0 Å². The van der Waals surface area contributed by atoms with Crippen molar-refractivity contribution in [1.29, 1.82) is 0 Å². The molecule has 0 spiro atoms. The molecule has 1 aliphatic rings. The molecule has 0 aromatic carbocycles. The summed E-state index contributed by atoms with van der Waals surface area (Å²) in [5.74, 6) is 0.414. The zero-order valence-electron chi connectivity index (χ0n) is 12.2. The highest BCUT2D eigenvalue weighted by atomic mass is 16.7. The quantitative estimate of drug-likeness (QED) is 0.675. The highest BCUT2D eigenvalue weighted by molar-refractivity contribution is 5.97. The fourth-order valence-corrected chi connectivity index (χ4v) is 2.04. The molecule has 1 aromatic heterocycles. The molecule has 1 fully saturated rings. The summed E-state index contributed by atoms with van der Waals surface area (Å²) in [5, 5.41) is 4.22. The molecular weight excluding hydrogens is 262 g/mol. The summed E-state index contributed by atoms with van der Waals surface area (Å²) in [6, 6.07) is 0. The first-order chi connectivity index (χ1) is 9.61. The van der Waals surface area contributed by atoms with Crippen LogP contribution >= 0.6 is 0 Å². The maximum Gasteiger partial charge on any atom is 0.189 e. The number of ketones is 1. The Balaban J connectivity index is 2.10. The van der Waals surface area contributed by atoms with Gasteiger partial charge in [0.05, 0.1) is 39.5 Å². The second-order valence-corrected chi connectivity index (χ2v) is 4.89. The van der Waals surface area contributed by atoms with Crippen molar-refractivity contribution in [2.75, 3.05) is 41.0 Å². The van der Waals surface area contributed by atoms with Crippen molar-refractivity contribution in [1.82, 2.24) is 14.7 Å². The highest BCUT2D eigenvalue weighted by Gasteiger charge is 2.25. The Bertz CT molecular complexity index is 452. The number of hydrogen-bond donors (Lipinski definition) is 0. The van der Waals surface area contributed by atoms with E-state index in [0.29, 0.717) is 31.2 Å². The van der Waals surface area contributed by atoms with Crippen LogP contribution in [0.3, 0.4) is 0 Å². The lowest BCUT2D eigenvalue weighted by molar-refractivity contribution is -0.0409. The van der Waals surface area contributed by atoms with Crippen LogP contribution in [0.5, 0.6) is 5.75 Å². The number of carbonyl (C=O) groups excluding carboxylic acids is 1. The number of rotatable bonds is 7. The van der Waals surface area contributed by atoms with Crippen LogP contribution in [0.25, 0.3) is 0 Å². The molecule has 112 valence electrons. The van der Waals surface area contributed by atoms with E-state index in [-0.39, 0.29) is 12.2 Å². The van der Waals surface area contributed by atoms with Crippen molar-refractivity contribution in [3.8, 4) is 5.75 Å². The Hall–Kier alpha value is -1.44. The lowest BCUT2D eigenvalue weighted by atomic mass is 10.2. The molecule has 0 saturated carbocycles. The zero-order valence-corrected chi connectivity index (χ0v) is 12.2. The monoisotopic (exact) mass is 283 g/mol. The summed E-state index contributed by atoms with van der Waals surface area (Å²) < 4.78 is 17.5. The summed E-state index contributed by atoms with van der Waals surface area (Å²) in [6.07, 6.45) is 1.30. The lowest BCUT2D eigenvalue weighted by Crippen LogP contribution is -2.23. The Kier molecular flexibility index (Phi) is 5.11. The van der Waals surface area contributed by atoms with E-state index in [1.807, 2.05) is 19.0 Å². The Morgan fingerprint density at radius 2 is 2.20 bits per heavy atom. The summed E-state index contributed by atoms with van der Waals surface area (Å²) in [6.45, 7) is 2.50. The molecule has 0 bridgehead atoms. The SMILES string of the molecule is COc1cnn(CCN(C)C)c1C(=O)CC1OCCO1. The molecule has 20 heavy (non-hydrogen) atoms. The van der Waals surface area contributed by atoms with Gasteiger partial charge in [-0.3, -0.25) is 9.48 Å². The van der Waals surface area contributed by atoms with Crippen molar-refractivity contribution in [2.24, 2.45) is 0 Å². The van der Waals surface area contributed by atoms with E-state index >= 15 is 0 Å². The van der Waals surface area contributed by atoms with Crippen LogP contribution in [-0.2, 0) is 16.0 Å². The number of methoxy groups -OCH3 is 1. The Morgan fingerprint density at radius 1 is 1.50 bits per heavy atom. The third kappa shape index (κ3) is 3.56. The van der Waals surface area contributed by atoms with Gasteiger partial charge >= 0.3 is 0 Å². The summed E-state index contributed by atoms with van der Waals surface area (Å²) in [4.78, 5) is 14.4. The summed E-state index contributed by atoms with van der Waals surface area (Å²) in [7, 11) is 5.48. The van der Waals surface area contributed by atoms with Crippen LogP contribution in [0.1, 0.15) is 16.9 Å². The van der Waals surface area contributed by atoms with Gasteiger partial charge in [0.15, 0.2) is 17.8 Å². The van der Waals surface area contributed by atoms with Gasteiger partial charge in [-0.1, -0.05) is 0 Å². The molecule has 1 saturated heterocycles. The number of ether oxygens (including phenoxy) is 3. The normalized spacial score (nSPS) is 16.0. The molecule has 1 aliphatic heterocycles. The van der Waals surface area contributed by atoms with Gasteiger partial charge in [-0.2, -0.15) is 5.10 Å². The van der Waals surface area contributed by atoms with Crippen molar-refractivity contribution >= 4 is 5.78 Å². The van der Waals surface area contributed by atoms with E-state index in [4.69, 9.17) is 14.2 Å². The van der Waals surface area contributed by atoms with Crippen molar-refractivity contribution in [2.45, 2.75) is 19.3 Å². The zero-order chi connectivity index (χ0) is 14.5. The molecule has 7 nitrogen and oxygen atoms in total. The van der Waals surface area contributed by atoms with E-state index in [9.17, 15) is 4.79 Å². The first-order valence-corrected chi connectivity index (χ1v) is 6.62. The average Bonchev–Trinajstić information content (AvgIpc) is 3.04. The van der Waals surface area contributed by atoms with E-state index in [1.165, 1.54) is 7.11 Å². The molecule has 0 N–H and O–H groups in total. The minimum atomic E-state index is -0.454. The highest BCUT2D eigenvalue weighted by Crippen LogP contribution is 2.21. The predicted octanol–water partition coefficient (Wildman–Crippen LogP) is 0.399. The Morgan fingerprint density at radius 3 is 2.80 bits per heavy atom. The van der Waals surface area contributed by atoms with Gasteiger partial charge in [-0.15, -0.1) is 0 Å². The van der Waals surface area contributed by atoms with Gasteiger partial charge in [0.1, 0.15) is 5.69 Å². The fraction of sp³-hybridized carbons (Fsp3) is 0.692. The first-order valence-electron chi connectivity index (χ1n) is 6.62.